The van der Waals surface area contributed by atoms with Crippen LogP contribution in [-0.2, 0) is 14.8 Å². The third kappa shape index (κ3) is 5.43. The molecule has 2 aliphatic heterocycles. The molecule has 0 radical (unpaired) electrons. The Labute approximate surface area is 147 Å². The molecule has 2 saturated heterocycles. The molecule has 0 spiro atoms. The minimum absolute atomic E-state index is 0.0210. The number of nitrogens with zero attached hydrogens (tertiary/aromatic N) is 1. The first kappa shape index (κ1) is 19.7. The summed E-state index contributed by atoms with van der Waals surface area (Å²) in [6.07, 6.45) is 6.53. The number of nitrogens with one attached hydrogen (secondary N) is 2. The zero-order valence-electron chi connectivity index (χ0n) is 15.2. The normalized spacial score (nSPS) is 29.3. The number of amides is 1. The van der Waals surface area contributed by atoms with Crippen molar-refractivity contribution in [3.63, 3.8) is 0 Å². The van der Waals surface area contributed by atoms with Gasteiger partial charge in [-0.05, 0) is 46.0 Å². The van der Waals surface area contributed by atoms with E-state index in [2.05, 4.69) is 12.2 Å². The van der Waals surface area contributed by atoms with Gasteiger partial charge in [0.1, 0.15) is 0 Å². The molecule has 2 rings (SSSR count). The molecular formula is C17H34N3O3S+. The standard InChI is InChI=1S/C17H33N3O3S/c1-3-24(22,23)20-13-6-9-16(14-20)17(21)18-10-7-12-19-11-5-4-8-15(19)2/h15-16H,3-14H2,1-2H3,(H,18,21)/p+1. The lowest BCUT2D eigenvalue weighted by Gasteiger charge is -2.31. The van der Waals surface area contributed by atoms with Crippen LogP contribution >= 0.6 is 0 Å². The molecule has 0 bridgehead atoms. The molecule has 0 saturated carbocycles. The van der Waals surface area contributed by atoms with Crippen LogP contribution < -0.4 is 10.2 Å². The maximum Gasteiger partial charge on any atom is 0.224 e. The van der Waals surface area contributed by atoms with Crippen molar-refractivity contribution in [3.05, 3.63) is 0 Å². The van der Waals surface area contributed by atoms with Crippen molar-refractivity contribution in [2.24, 2.45) is 5.92 Å². The van der Waals surface area contributed by atoms with E-state index in [1.165, 1.54) is 30.1 Å². The highest BCUT2D eigenvalue weighted by molar-refractivity contribution is 7.89. The number of carbonyl (C=O) groups excluding carboxylic acids is 1. The van der Waals surface area contributed by atoms with Gasteiger partial charge in [-0.2, -0.15) is 0 Å². The van der Waals surface area contributed by atoms with Crippen molar-refractivity contribution >= 4 is 15.9 Å². The Morgan fingerprint density at radius 1 is 1.25 bits per heavy atom. The number of carbonyl (C=O) groups is 1. The fraction of sp³-hybridized carbons (Fsp3) is 0.941. The van der Waals surface area contributed by atoms with E-state index in [1.807, 2.05) is 0 Å². The highest BCUT2D eigenvalue weighted by Gasteiger charge is 2.31. The molecule has 24 heavy (non-hydrogen) atoms. The monoisotopic (exact) mass is 360 g/mol. The average molecular weight is 361 g/mol. The van der Waals surface area contributed by atoms with Crippen molar-refractivity contribution in [2.45, 2.75) is 58.4 Å². The Balaban J connectivity index is 1.70. The van der Waals surface area contributed by atoms with Crippen LogP contribution in [-0.4, -0.2) is 63.1 Å². The molecule has 6 nitrogen and oxygen atoms in total. The maximum absolute atomic E-state index is 12.3. The van der Waals surface area contributed by atoms with Gasteiger partial charge in [0.15, 0.2) is 0 Å². The fourth-order valence-corrected chi connectivity index (χ4v) is 5.07. The molecule has 140 valence electrons. The predicted octanol–water partition coefficient (Wildman–Crippen LogP) is 0.0117. The van der Waals surface area contributed by atoms with Gasteiger partial charge in [0, 0.05) is 26.1 Å². The molecular weight excluding hydrogens is 326 g/mol. The van der Waals surface area contributed by atoms with Gasteiger partial charge in [0.25, 0.3) is 0 Å². The first-order valence-corrected chi connectivity index (χ1v) is 11.1. The zero-order chi connectivity index (χ0) is 17.6. The molecule has 2 aliphatic rings. The van der Waals surface area contributed by atoms with E-state index in [0.717, 1.165) is 31.8 Å². The lowest BCUT2D eigenvalue weighted by Crippen LogP contribution is -3.16. The second-order valence-corrected chi connectivity index (χ2v) is 9.55. The fourth-order valence-electron chi connectivity index (χ4n) is 3.89. The topological polar surface area (TPSA) is 70.9 Å². The van der Waals surface area contributed by atoms with Crippen LogP contribution in [0.15, 0.2) is 0 Å². The van der Waals surface area contributed by atoms with Crippen LogP contribution in [0.25, 0.3) is 0 Å². The van der Waals surface area contributed by atoms with Gasteiger partial charge < -0.3 is 10.2 Å². The smallest absolute Gasteiger partial charge is 0.224 e. The first-order chi connectivity index (χ1) is 11.4. The predicted molar refractivity (Wildman–Crippen MR) is 95.4 cm³/mol. The Bertz CT molecular complexity index is 509. The Hall–Kier alpha value is -0.660. The summed E-state index contributed by atoms with van der Waals surface area (Å²) in [5.74, 6) is -0.0629. The summed E-state index contributed by atoms with van der Waals surface area (Å²) in [4.78, 5) is 14.0. The number of hydrogen-bond donors (Lipinski definition) is 2. The minimum atomic E-state index is -3.18. The van der Waals surface area contributed by atoms with E-state index in [1.54, 1.807) is 11.8 Å². The van der Waals surface area contributed by atoms with Gasteiger partial charge in [0.05, 0.1) is 30.8 Å². The highest BCUT2D eigenvalue weighted by Crippen LogP contribution is 2.19. The number of likely N-dealkylation sites (tertiary alicyclic amines) is 1. The summed E-state index contributed by atoms with van der Waals surface area (Å²) in [5, 5.41) is 3.02. The van der Waals surface area contributed by atoms with Gasteiger partial charge in [0.2, 0.25) is 15.9 Å². The van der Waals surface area contributed by atoms with Crippen LogP contribution in [0.1, 0.15) is 52.4 Å². The summed E-state index contributed by atoms with van der Waals surface area (Å²) in [6, 6.07) is 0.737. The molecule has 3 unspecified atom stereocenters. The van der Waals surface area contributed by atoms with Crippen LogP contribution in [0.4, 0.5) is 0 Å². The van der Waals surface area contributed by atoms with E-state index in [0.29, 0.717) is 19.6 Å². The summed E-state index contributed by atoms with van der Waals surface area (Å²) >= 11 is 0. The van der Waals surface area contributed by atoms with Crippen molar-refractivity contribution in [1.82, 2.24) is 9.62 Å². The molecule has 1 amide bonds. The van der Waals surface area contributed by atoms with Gasteiger partial charge in [-0.3, -0.25) is 4.79 Å². The zero-order valence-corrected chi connectivity index (χ0v) is 16.0. The Morgan fingerprint density at radius 2 is 2.04 bits per heavy atom. The molecule has 0 aromatic heterocycles. The minimum Gasteiger partial charge on any atom is -0.356 e. The lowest BCUT2D eigenvalue weighted by atomic mass is 9.99. The third-order valence-electron chi connectivity index (χ3n) is 5.57. The van der Waals surface area contributed by atoms with E-state index >= 15 is 0 Å². The molecule has 7 heteroatoms. The van der Waals surface area contributed by atoms with Crippen LogP contribution in [0.3, 0.4) is 0 Å². The van der Waals surface area contributed by atoms with Gasteiger partial charge in [-0.25, -0.2) is 12.7 Å². The molecule has 0 aromatic rings. The summed E-state index contributed by atoms with van der Waals surface area (Å²) < 4.78 is 25.4. The average Bonchev–Trinajstić information content (AvgIpc) is 2.60. The van der Waals surface area contributed by atoms with Crippen molar-refractivity contribution in [2.75, 3.05) is 38.5 Å². The summed E-state index contributed by atoms with van der Waals surface area (Å²) in [6.45, 7) is 7.93. The Kier molecular flexibility index (Phi) is 7.50. The third-order valence-corrected chi connectivity index (χ3v) is 7.42. The SMILES string of the molecule is CCS(=O)(=O)N1CCCC(C(=O)NCCC[NH+]2CCCCC2C)C1. The van der Waals surface area contributed by atoms with E-state index in [9.17, 15) is 13.2 Å². The molecule has 0 aliphatic carbocycles. The van der Waals surface area contributed by atoms with Gasteiger partial charge in [-0.1, -0.05) is 0 Å². The largest absolute Gasteiger partial charge is 0.356 e. The molecule has 3 atom stereocenters. The number of quaternary nitrogens is 1. The number of hydrogen-bond acceptors (Lipinski definition) is 3. The van der Waals surface area contributed by atoms with Crippen molar-refractivity contribution in [3.8, 4) is 0 Å². The highest BCUT2D eigenvalue weighted by atomic mass is 32.2. The van der Waals surface area contributed by atoms with E-state index in [-0.39, 0.29) is 17.6 Å². The van der Waals surface area contributed by atoms with Crippen LogP contribution in [0.5, 0.6) is 0 Å². The number of sulfonamides is 1. The van der Waals surface area contributed by atoms with Crippen molar-refractivity contribution in [1.29, 1.82) is 0 Å². The molecule has 0 aromatic carbocycles. The quantitative estimate of drug-likeness (QED) is 0.629. The molecule has 2 fully saturated rings. The Morgan fingerprint density at radius 3 is 2.75 bits per heavy atom. The van der Waals surface area contributed by atoms with E-state index in [4.69, 9.17) is 0 Å². The van der Waals surface area contributed by atoms with Gasteiger partial charge in [-0.15, -0.1) is 0 Å². The molecule has 2 N–H and O–H groups in total. The van der Waals surface area contributed by atoms with Crippen LogP contribution in [0, 0.1) is 5.92 Å². The molecule has 2 heterocycles. The van der Waals surface area contributed by atoms with Crippen molar-refractivity contribution < 1.29 is 18.1 Å². The maximum atomic E-state index is 12.3. The summed E-state index contributed by atoms with van der Waals surface area (Å²) in [7, 11) is -3.18. The van der Waals surface area contributed by atoms with Crippen LogP contribution in [0.2, 0.25) is 0 Å². The summed E-state index contributed by atoms with van der Waals surface area (Å²) in [5.41, 5.74) is 0. The number of piperidine rings is 2. The number of rotatable bonds is 7. The van der Waals surface area contributed by atoms with Gasteiger partial charge >= 0.3 is 0 Å². The second-order valence-electron chi connectivity index (χ2n) is 7.30. The lowest BCUT2D eigenvalue weighted by molar-refractivity contribution is -0.928. The second kappa shape index (κ2) is 9.15. The first-order valence-electron chi connectivity index (χ1n) is 9.54. The van der Waals surface area contributed by atoms with E-state index < -0.39 is 10.0 Å².